The van der Waals surface area contributed by atoms with E-state index in [0.29, 0.717) is 42.0 Å². The van der Waals surface area contributed by atoms with Gasteiger partial charge in [0.25, 0.3) is 0 Å². The van der Waals surface area contributed by atoms with Crippen molar-refractivity contribution in [2.75, 3.05) is 27.2 Å². The van der Waals surface area contributed by atoms with Gasteiger partial charge in [0.05, 0.1) is 0 Å². The fourth-order valence-corrected chi connectivity index (χ4v) is 7.27. The molecule has 0 amide bonds. The maximum absolute atomic E-state index is 12.0. The molecule has 0 heterocycles. The first kappa shape index (κ1) is 45.4. The van der Waals surface area contributed by atoms with Crippen LogP contribution in [-0.2, 0) is 26.9 Å². The van der Waals surface area contributed by atoms with Gasteiger partial charge in [-0.3, -0.25) is 9.79 Å². The van der Waals surface area contributed by atoms with E-state index in [9.17, 15) is 28.0 Å². The molecule has 3 rings (SSSR count). The average Bonchev–Trinajstić information content (AvgIpc) is 2.90. The number of likely N-dealkylation sites (N-methyl/N-ethyl adjacent to an activating group) is 1. The van der Waals surface area contributed by atoms with Crippen molar-refractivity contribution in [3.05, 3.63) is 89.5 Å². The number of phosphoric acid groups is 4. The van der Waals surface area contributed by atoms with Crippen LogP contribution in [0, 0.1) is 0 Å². The minimum atomic E-state index is -5.32. The molecule has 2 unspecified atom stereocenters. The van der Waals surface area contributed by atoms with Gasteiger partial charge in [0.2, 0.25) is 0 Å². The molecule has 0 fully saturated rings. The van der Waals surface area contributed by atoms with Crippen LogP contribution >= 0.6 is 31.3 Å². The van der Waals surface area contributed by atoms with Crippen molar-refractivity contribution >= 4 is 102 Å². The first-order chi connectivity index (χ1) is 21.3. The monoisotopic (exact) mass is 771 g/mol. The quantitative estimate of drug-likeness (QED) is 0.0688. The molecule has 0 aliphatic heterocycles. The van der Waals surface area contributed by atoms with E-state index in [1.807, 2.05) is 38.1 Å². The maximum atomic E-state index is 12.0. The molecule has 3 aromatic rings. The van der Waals surface area contributed by atoms with Crippen LogP contribution in [0.3, 0.4) is 0 Å². The summed E-state index contributed by atoms with van der Waals surface area (Å²) in [4.78, 5) is 56.8. The third kappa shape index (κ3) is 15.7. The molecular formula is C26H35NNa2O15P4. The van der Waals surface area contributed by atoms with E-state index in [-0.39, 0.29) is 70.6 Å². The third-order valence-electron chi connectivity index (χ3n) is 5.81. The van der Waals surface area contributed by atoms with Gasteiger partial charge in [0.1, 0.15) is 23.9 Å². The van der Waals surface area contributed by atoms with Crippen molar-refractivity contribution in [3.63, 3.8) is 0 Å². The zero-order valence-electron chi connectivity index (χ0n) is 24.6. The zero-order chi connectivity index (χ0) is 34.3. The molecule has 3 aromatic carbocycles. The molecule has 0 bridgehead atoms. The Kier molecular flexibility index (Phi) is 18.2. The number of allylic oxidation sites excluding steroid dienone is 1. The predicted octanol–water partition coefficient (Wildman–Crippen LogP) is 3.88. The molecule has 6 N–H and O–H groups in total. The Hall–Kier alpha value is -0.640. The number of benzene rings is 3. The molecule has 0 saturated heterocycles. The molecule has 0 spiro atoms. The van der Waals surface area contributed by atoms with Crippen molar-refractivity contribution < 1.29 is 70.0 Å². The van der Waals surface area contributed by atoms with Crippen LogP contribution < -0.4 is 13.8 Å². The Morgan fingerprint density at radius 1 is 0.604 bits per heavy atom. The second-order valence-corrected chi connectivity index (χ2v) is 15.2. The summed E-state index contributed by atoms with van der Waals surface area (Å²) in [6.07, 6.45) is 0.455. The van der Waals surface area contributed by atoms with E-state index in [4.69, 9.17) is 33.4 Å². The first-order valence-corrected chi connectivity index (χ1v) is 19.2. The molecule has 0 radical (unpaired) electrons. The normalized spacial score (nSPS) is 14.8. The van der Waals surface area contributed by atoms with E-state index >= 15 is 0 Å². The molecule has 16 nitrogen and oxygen atoms in total. The van der Waals surface area contributed by atoms with E-state index in [1.165, 1.54) is 24.3 Å². The van der Waals surface area contributed by atoms with Gasteiger partial charge >= 0.3 is 90.4 Å². The fourth-order valence-electron chi connectivity index (χ4n) is 4.07. The number of hydrogen-bond donors (Lipinski definition) is 6. The summed E-state index contributed by atoms with van der Waals surface area (Å²) in [6, 6.07) is 18.7. The second kappa shape index (κ2) is 19.3. The average molecular weight is 771 g/mol. The zero-order valence-corrected chi connectivity index (χ0v) is 28.2. The van der Waals surface area contributed by atoms with E-state index in [0.717, 1.165) is 11.1 Å². The molecule has 0 aliphatic rings. The number of hydrogen-bond acceptors (Lipinski definition) is 10. The summed E-state index contributed by atoms with van der Waals surface area (Å²) >= 11 is 0. The van der Waals surface area contributed by atoms with Crippen LogP contribution in [0.1, 0.15) is 30.0 Å². The number of ether oxygens (including phenoxy) is 1. The summed E-state index contributed by atoms with van der Waals surface area (Å²) in [6.45, 7) is 3.05. The van der Waals surface area contributed by atoms with Crippen LogP contribution in [-0.4, -0.2) is 121 Å². The summed E-state index contributed by atoms with van der Waals surface area (Å²) < 4.78 is 69.0. The van der Waals surface area contributed by atoms with Gasteiger partial charge in [-0.15, -0.1) is 0 Å². The third-order valence-corrected chi connectivity index (χ3v) is 10.0. The summed E-state index contributed by atoms with van der Waals surface area (Å²) in [5.74, 6) is 0.215. The Balaban J connectivity index is 0.00000576. The Morgan fingerprint density at radius 3 is 1.29 bits per heavy atom. The molecular weight excluding hydrogens is 736 g/mol. The van der Waals surface area contributed by atoms with Crippen molar-refractivity contribution in [2.45, 2.75) is 13.3 Å². The fraction of sp³-hybridized carbons (Fsp3) is 0.231. The second-order valence-electron chi connectivity index (χ2n) is 9.70. The SMILES string of the molecule is CC/C(=C(/c1ccc(OCCN(C)C)cc1)c1ccc(OP(=O)(O)OP(=O)(O)O)cc1)c1ccc(OP(=O)(O)OP(=O)(O)O)cc1.[NaH].[NaH]. The predicted molar refractivity (Wildman–Crippen MR) is 181 cm³/mol. The van der Waals surface area contributed by atoms with E-state index in [1.54, 1.807) is 36.4 Å². The van der Waals surface area contributed by atoms with Crippen molar-refractivity contribution in [3.8, 4) is 17.2 Å². The van der Waals surface area contributed by atoms with Gasteiger partial charge in [0.15, 0.2) is 0 Å². The summed E-state index contributed by atoms with van der Waals surface area (Å²) in [5.41, 5.74) is 3.43. The van der Waals surface area contributed by atoms with Crippen molar-refractivity contribution in [1.82, 2.24) is 4.90 Å². The molecule has 0 aliphatic carbocycles. The Bertz CT molecular complexity index is 1710. The van der Waals surface area contributed by atoms with Gasteiger partial charge in [-0.2, -0.15) is 8.62 Å². The van der Waals surface area contributed by atoms with Gasteiger partial charge in [0, 0.05) is 6.54 Å². The van der Waals surface area contributed by atoms with Gasteiger partial charge in [-0.05, 0) is 84.8 Å². The van der Waals surface area contributed by atoms with Crippen LogP contribution in [0.5, 0.6) is 17.2 Å². The van der Waals surface area contributed by atoms with E-state index in [2.05, 4.69) is 8.62 Å². The Labute approximate surface area is 321 Å². The van der Waals surface area contributed by atoms with Gasteiger partial charge in [-0.25, -0.2) is 18.3 Å². The molecule has 0 saturated carbocycles. The van der Waals surface area contributed by atoms with Crippen LogP contribution in [0.15, 0.2) is 72.8 Å². The van der Waals surface area contributed by atoms with Gasteiger partial charge < -0.3 is 38.3 Å². The van der Waals surface area contributed by atoms with Crippen LogP contribution in [0.4, 0.5) is 0 Å². The van der Waals surface area contributed by atoms with Crippen LogP contribution in [0.25, 0.3) is 11.1 Å². The number of rotatable bonds is 16. The summed E-state index contributed by atoms with van der Waals surface area (Å²) in [5, 5.41) is 0. The molecule has 0 aromatic heterocycles. The summed E-state index contributed by atoms with van der Waals surface area (Å²) in [7, 11) is -17.1. The van der Waals surface area contributed by atoms with Crippen molar-refractivity contribution in [1.29, 1.82) is 0 Å². The molecule has 2 atom stereocenters. The molecule has 256 valence electrons. The topological polar surface area (TPSA) is 239 Å². The number of phosphoric ester groups is 2. The minimum absolute atomic E-state index is 0. The van der Waals surface area contributed by atoms with Crippen molar-refractivity contribution in [2.24, 2.45) is 0 Å². The number of nitrogens with zero attached hydrogens (tertiary/aromatic N) is 1. The van der Waals surface area contributed by atoms with Crippen LogP contribution in [0.2, 0.25) is 0 Å². The standard InChI is InChI=1S/C26H33NO15P4.2Na.2H/c1-4-25(19-5-13-23(14-6-19)39-45(34,35)41-43(28,29)30)26(20-7-11-22(12-8-20)38-18-17-27(2)3)21-9-15-24(16-10-21)40-46(36,37)42-44(31,32)33;;;;/h5-16H,4,17-18H2,1-3H3,(H,34,35)(H,36,37)(H2,28,29,30)(H2,31,32,33);;;;/b26-25+;;;;. The first-order valence-electron chi connectivity index (χ1n) is 13.2. The Morgan fingerprint density at radius 2 is 0.958 bits per heavy atom. The molecule has 22 heteroatoms. The molecule has 48 heavy (non-hydrogen) atoms. The van der Waals surface area contributed by atoms with Gasteiger partial charge in [-0.1, -0.05) is 43.3 Å². The van der Waals surface area contributed by atoms with E-state index < -0.39 is 31.3 Å².